The monoisotopic (exact) mass is 493 g/mol. The van der Waals surface area contributed by atoms with Gasteiger partial charge in [0.05, 0.1) is 18.1 Å². The molecule has 33 heavy (non-hydrogen) atoms. The molecule has 1 aliphatic rings. The molecule has 1 amide bonds. The summed E-state index contributed by atoms with van der Waals surface area (Å²) in [5, 5.41) is 1.91. The van der Waals surface area contributed by atoms with Gasteiger partial charge in [-0.1, -0.05) is 38.3 Å². The maximum Gasteiger partial charge on any atom is 0.253 e. The molecule has 0 radical (unpaired) electrons. The van der Waals surface area contributed by atoms with Crippen molar-refractivity contribution in [2.75, 3.05) is 45.9 Å². The molecule has 7 nitrogen and oxygen atoms in total. The summed E-state index contributed by atoms with van der Waals surface area (Å²) < 4.78 is 33.6. The summed E-state index contributed by atoms with van der Waals surface area (Å²) in [6.45, 7) is 7.70. The Balaban J connectivity index is 1.68. The second kappa shape index (κ2) is 13.2. The van der Waals surface area contributed by atoms with E-state index in [1.54, 1.807) is 12.1 Å². The minimum absolute atomic E-state index is 0.115. The van der Waals surface area contributed by atoms with Gasteiger partial charge in [0.1, 0.15) is 0 Å². The van der Waals surface area contributed by atoms with Gasteiger partial charge in [0.2, 0.25) is 10.0 Å². The Hall–Kier alpha value is -1.78. The lowest BCUT2D eigenvalue weighted by Crippen LogP contribution is -2.43. The van der Waals surface area contributed by atoms with Gasteiger partial charge in [-0.3, -0.25) is 9.69 Å². The minimum Gasteiger partial charge on any atom is -0.379 e. The van der Waals surface area contributed by atoms with Crippen LogP contribution in [-0.2, 0) is 21.3 Å². The number of nitrogens with zero attached hydrogens (tertiary/aromatic N) is 2. The number of morpholine rings is 1. The van der Waals surface area contributed by atoms with Crippen LogP contribution in [0.1, 0.15) is 47.8 Å². The molecule has 0 unspecified atom stereocenters. The van der Waals surface area contributed by atoms with Gasteiger partial charge >= 0.3 is 0 Å². The first-order valence-electron chi connectivity index (χ1n) is 11.7. The second-order valence-corrected chi connectivity index (χ2v) is 11.0. The Labute approximate surface area is 201 Å². The first kappa shape index (κ1) is 25.8. The summed E-state index contributed by atoms with van der Waals surface area (Å²) >= 11 is 1.50. The lowest BCUT2D eigenvalue weighted by molar-refractivity contribution is 0.0324. The maximum atomic E-state index is 13.4. The van der Waals surface area contributed by atoms with Crippen LogP contribution >= 0.6 is 11.3 Å². The molecule has 1 aliphatic heterocycles. The third kappa shape index (κ3) is 8.19. The zero-order valence-electron chi connectivity index (χ0n) is 19.4. The highest BCUT2D eigenvalue weighted by Crippen LogP contribution is 2.16. The molecular formula is C24H35N3O4S2. The topological polar surface area (TPSA) is 79.0 Å². The molecule has 0 spiro atoms. The number of carbonyl (C=O) groups is 1. The number of sulfonamides is 1. The van der Waals surface area contributed by atoms with Crippen molar-refractivity contribution in [3.8, 4) is 0 Å². The van der Waals surface area contributed by atoms with E-state index in [4.69, 9.17) is 4.74 Å². The van der Waals surface area contributed by atoms with Crippen LogP contribution in [0.2, 0.25) is 0 Å². The molecular weight excluding hydrogens is 458 g/mol. The first-order chi connectivity index (χ1) is 16.0. The Morgan fingerprint density at radius 1 is 1.12 bits per heavy atom. The molecule has 1 aromatic heterocycles. The van der Waals surface area contributed by atoms with Crippen LogP contribution in [0.3, 0.4) is 0 Å². The highest BCUT2D eigenvalue weighted by Gasteiger charge is 2.21. The molecule has 182 valence electrons. The van der Waals surface area contributed by atoms with E-state index in [1.807, 2.05) is 22.4 Å². The first-order valence-corrected chi connectivity index (χ1v) is 14.1. The summed E-state index contributed by atoms with van der Waals surface area (Å²) in [7, 11) is -3.71. The summed E-state index contributed by atoms with van der Waals surface area (Å²) in [5.74, 6) is -0.116. The van der Waals surface area contributed by atoms with Crippen LogP contribution in [0.5, 0.6) is 0 Å². The quantitative estimate of drug-likeness (QED) is 0.432. The van der Waals surface area contributed by atoms with E-state index < -0.39 is 10.0 Å². The zero-order valence-corrected chi connectivity index (χ0v) is 21.0. The van der Waals surface area contributed by atoms with Gasteiger partial charge in [-0.05, 0) is 36.1 Å². The Bertz CT molecular complexity index is 958. The van der Waals surface area contributed by atoms with Crippen LogP contribution in [-0.4, -0.2) is 70.1 Å². The fraction of sp³-hybridized carbons (Fsp3) is 0.542. The van der Waals surface area contributed by atoms with Crippen molar-refractivity contribution in [1.82, 2.24) is 14.5 Å². The van der Waals surface area contributed by atoms with Crippen molar-refractivity contribution in [3.63, 3.8) is 0 Å². The van der Waals surface area contributed by atoms with E-state index in [1.165, 1.54) is 23.5 Å². The van der Waals surface area contributed by atoms with Crippen LogP contribution < -0.4 is 4.72 Å². The molecule has 1 fully saturated rings. The van der Waals surface area contributed by atoms with E-state index in [2.05, 4.69) is 16.5 Å². The fourth-order valence-electron chi connectivity index (χ4n) is 3.77. The lowest BCUT2D eigenvalue weighted by Gasteiger charge is -2.30. The maximum absolute atomic E-state index is 13.4. The predicted octanol–water partition coefficient (Wildman–Crippen LogP) is 3.58. The predicted molar refractivity (Wildman–Crippen MR) is 132 cm³/mol. The summed E-state index contributed by atoms with van der Waals surface area (Å²) in [5.41, 5.74) is 0.409. The molecule has 1 N–H and O–H groups in total. The van der Waals surface area contributed by atoms with Gasteiger partial charge in [-0.2, -0.15) is 0 Å². The number of rotatable bonds is 13. The number of benzene rings is 1. The standard InChI is InChI=1S/C24H35N3O4S2/c1-2-3-4-5-11-27(13-12-26-14-16-31-17-15-26)24(28)21-8-6-10-23(19-21)33(29,30)25-20-22-9-7-18-32-22/h6-10,18-19,25H,2-5,11-17,20H2,1H3. The van der Waals surface area contributed by atoms with Crippen molar-refractivity contribution in [2.45, 2.75) is 44.0 Å². The van der Waals surface area contributed by atoms with Crippen LogP contribution in [0.4, 0.5) is 0 Å². The van der Waals surface area contributed by atoms with Gasteiger partial charge in [-0.15, -0.1) is 11.3 Å². The number of carbonyl (C=O) groups excluding carboxylic acids is 1. The summed E-state index contributed by atoms with van der Waals surface area (Å²) in [4.78, 5) is 18.6. The van der Waals surface area contributed by atoms with Crippen molar-refractivity contribution < 1.29 is 17.9 Å². The number of nitrogens with one attached hydrogen (secondary N) is 1. The van der Waals surface area contributed by atoms with Gasteiger partial charge in [0.15, 0.2) is 0 Å². The highest BCUT2D eigenvalue weighted by atomic mass is 32.2. The third-order valence-corrected chi connectivity index (χ3v) is 8.04. The number of ether oxygens (including phenoxy) is 1. The molecule has 0 saturated carbocycles. The molecule has 0 bridgehead atoms. The molecule has 2 heterocycles. The number of amides is 1. The molecule has 1 aromatic carbocycles. The Morgan fingerprint density at radius 3 is 2.67 bits per heavy atom. The largest absolute Gasteiger partial charge is 0.379 e. The SMILES string of the molecule is CCCCCCN(CCN1CCOCC1)C(=O)c1cccc(S(=O)(=O)NCc2cccs2)c1. The van der Waals surface area contributed by atoms with Crippen molar-refractivity contribution in [1.29, 1.82) is 0 Å². The number of hydrogen-bond acceptors (Lipinski definition) is 6. The summed E-state index contributed by atoms with van der Waals surface area (Å²) in [6, 6.07) is 10.1. The van der Waals surface area contributed by atoms with E-state index >= 15 is 0 Å². The number of hydrogen-bond donors (Lipinski definition) is 1. The van der Waals surface area contributed by atoms with E-state index in [0.717, 1.165) is 63.4 Å². The average Bonchev–Trinajstić information content (AvgIpc) is 3.37. The smallest absolute Gasteiger partial charge is 0.253 e. The van der Waals surface area contributed by atoms with Crippen molar-refractivity contribution in [2.24, 2.45) is 0 Å². The Kier molecular flexibility index (Phi) is 10.3. The van der Waals surface area contributed by atoms with Gasteiger partial charge < -0.3 is 9.64 Å². The van der Waals surface area contributed by atoms with Crippen LogP contribution in [0, 0.1) is 0 Å². The van der Waals surface area contributed by atoms with Crippen LogP contribution in [0.15, 0.2) is 46.7 Å². The normalized spacial score (nSPS) is 14.9. The fourth-order valence-corrected chi connectivity index (χ4v) is 5.56. The van der Waals surface area contributed by atoms with Gasteiger partial charge in [-0.25, -0.2) is 13.1 Å². The zero-order chi connectivity index (χ0) is 23.5. The van der Waals surface area contributed by atoms with Crippen molar-refractivity contribution >= 4 is 27.3 Å². The molecule has 2 aromatic rings. The highest BCUT2D eigenvalue weighted by molar-refractivity contribution is 7.89. The molecule has 0 atom stereocenters. The van der Waals surface area contributed by atoms with E-state index in [9.17, 15) is 13.2 Å². The molecule has 1 saturated heterocycles. The van der Waals surface area contributed by atoms with Gasteiger partial charge in [0, 0.05) is 49.7 Å². The van der Waals surface area contributed by atoms with E-state index in [-0.39, 0.29) is 17.3 Å². The molecule has 3 rings (SSSR count). The van der Waals surface area contributed by atoms with Crippen molar-refractivity contribution in [3.05, 3.63) is 52.2 Å². The Morgan fingerprint density at radius 2 is 1.94 bits per heavy atom. The summed E-state index contributed by atoms with van der Waals surface area (Å²) in [6.07, 6.45) is 4.32. The third-order valence-electron chi connectivity index (χ3n) is 5.77. The average molecular weight is 494 g/mol. The molecule has 0 aliphatic carbocycles. The minimum atomic E-state index is -3.71. The number of thiophene rings is 1. The van der Waals surface area contributed by atoms with Gasteiger partial charge in [0.25, 0.3) is 5.91 Å². The number of unbranched alkanes of at least 4 members (excludes halogenated alkanes) is 3. The lowest BCUT2D eigenvalue weighted by atomic mass is 10.1. The van der Waals surface area contributed by atoms with Crippen LogP contribution in [0.25, 0.3) is 0 Å². The second-order valence-electron chi connectivity index (χ2n) is 8.24. The van der Waals surface area contributed by atoms with E-state index in [0.29, 0.717) is 18.7 Å². The molecule has 9 heteroatoms.